The van der Waals surface area contributed by atoms with E-state index in [1.165, 1.54) is 11.8 Å². The molecular weight excluding hydrogens is 298 g/mol. The van der Waals surface area contributed by atoms with Gasteiger partial charge in [0.15, 0.2) is 0 Å². The normalized spacial score (nSPS) is 11.0. The fourth-order valence-electron chi connectivity index (χ4n) is 2.22. The van der Waals surface area contributed by atoms with Crippen LogP contribution in [0, 0.1) is 11.3 Å². The Kier molecular flexibility index (Phi) is 5.75. The summed E-state index contributed by atoms with van der Waals surface area (Å²) in [7, 11) is 1.80. The standard InChI is InChI=1S/C20H21N3O/c1-15(2)16-9-11-18(12-10-16)22-20(24)17(13-21)14-23(3)19-7-5-4-6-8-19/h4-12,14-15H,1-3H3,(H,22,24)/b17-14-. The van der Waals surface area contributed by atoms with E-state index in [-0.39, 0.29) is 5.57 Å². The lowest BCUT2D eigenvalue weighted by molar-refractivity contribution is -0.112. The van der Waals surface area contributed by atoms with E-state index in [4.69, 9.17) is 0 Å². The lowest BCUT2D eigenvalue weighted by Crippen LogP contribution is -2.17. The summed E-state index contributed by atoms with van der Waals surface area (Å²) < 4.78 is 0. The molecule has 4 nitrogen and oxygen atoms in total. The lowest BCUT2D eigenvalue weighted by atomic mass is 10.0. The first-order valence-corrected chi connectivity index (χ1v) is 7.82. The van der Waals surface area contributed by atoms with Gasteiger partial charge >= 0.3 is 0 Å². The Bertz CT molecular complexity index is 756. The zero-order valence-corrected chi connectivity index (χ0v) is 14.2. The van der Waals surface area contributed by atoms with Crippen LogP contribution in [-0.4, -0.2) is 13.0 Å². The highest BCUT2D eigenvalue weighted by molar-refractivity contribution is 6.06. The van der Waals surface area contributed by atoms with E-state index < -0.39 is 5.91 Å². The summed E-state index contributed by atoms with van der Waals surface area (Å²) in [5.74, 6) is 0.0152. The van der Waals surface area contributed by atoms with Gasteiger partial charge in [0, 0.05) is 24.6 Å². The molecule has 1 N–H and O–H groups in total. The summed E-state index contributed by atoms with van der Waals surface area (Å²) in [6.07, 6.45) is 1.53. The van der Waals surface area contributed by atoms with Crippen molar-refractivity contribution < 1.29 is 4.79 Å². The lowest BCUT2D eigenvalue weighted by Gasteiger charge is -2.14. The van der Waals surface area contributed by atoms with Crippen molar-refractivity contribution in [3.05, 3.63) is 71.9 Å². The highest BCUT2D eigenvalue weighted by Crippen LogP contribution is 2.18. The van der Waals surface area contributed by atoms with Gasteiger partial charge in [-0.25, -0.2) is 0 Å². The number of para-hydroxylation sites is 1. The van der Waals surface area contributed by atoms with Crippen LogP contribution in [0.3, 0.4) is 0 Å². The van der Waals surface area contributed by atoms with Crippen LogP contribution in [-0.2, 0) is 4.79 Å². The average molecular weight is 319 g/mol. The third-order valence-corrected chi connectivity index (χ3v) is 3.69. The van der Waals surface area contributed by atoms with Crippen molar-refractivity contribution in [3.63, 3.8) is 0 Å². The molecule has 0 spiro atoms. The maximum atomic E-state index is 12.3. The van der Waals surface area contributed by atoms with Crippen molar-refractivity contribution in [2.75, 3.05) is 17.3 Å². The van der Waals surface area contributed by atoms with Crippen molar-refractivity contribution in [2.24, 2.45) is 0 Å². The monoisotopic (exact) mass is 319 g/mol. The molecule has 4 heteroatoms. The van der Waals surface area contributed by atoms with Gasteiger partial charge in [-0.2, -0.15) is 5.26 Å². The van der Waals surface area contributed by atoms with Crippen molar-refractivity contribution >= 4 is 17.3 Å². The molecule has 1 amide bonds. The van der Waals surface area contributed by atoms with Crippen molar-refractivity contribution in [3.8, 4) is 6.07 Å². The number of carbonyl (C=O) groups excluding carboxylic acids is 1. The minimum absolute atomic E-state index is 0.0503. The first-order chi connectivity index (χ1) is 11.5. The molecule has 0 radical (unpaired) electrons. The molecule has 0 atom stereocenters. The van der Waals surface area contributed by atoms with Gasteiger partial charge in [-0.3, -0.25) is 4.79 Å². The number of nitrogens with one attached hydrogen (secondary N) is 1. The molecule has 2 aromatic rings. The Morgan fingerprint density at radius 2 is 1.75 bits per heavy atom. The number of amides is 1. The Labute approximate surface area is 143 Å². The molecule has 0 bridgehead atoms. The summed E-state index contributed by atoms with van der Waals surface area (Å²) in [4.78, 5) is 14.1. The smallest absolute Gasteiger partial charge is 0.267 e. The van der Waals surface area contributed by atoms with Gasteiger partial charge in [0.25, 0.3) is 5.91 Å². The molecule has 0 heterocycles. The van der Waals surface area contributed by atoms with Crippen LogP contribution in [0.4, 0.5) is 11.4 Å². The molecule has 122 valence electrons. The highest BCUT2D eigenvalue weighted by Gasteiger charge is 2.11. The first-order valence-electron chi connectivity index (χ1n) is 7.82. The number of nitrogens with zero attached hydrogens (tertiary/aromatic N) is 2. The second-order valence-corrected chi connectivity index (χ2v) is 5.83. The van der Waals surface area contributed by atoms with Crippen LogP contribution in [0.5, 0.6) is 0 Å². The topological polar surface area (TPSA) is 56.1 Å². The minimum atomic E-state index is -0.419. The SMILES string of the molecule is CC(C)c1ccc(NC(=O)/C(C#N)=C\N(C)c2ccccc2)cc1. The Morgan fingerprint density at radius 1 is 1.12 bits per heavy atom. The number of nitriles is 1. The van der Waals surface area contributed by atoms with E-state index in [0.717, 1.165) is 5.69 Å². The summed E-state index contributed by atoms with van der Waals surface area (Å²) in [6.45, 7) is 4.23. The van der Waals surface area contributed by atoms with E-state index >= 15 is 0 Å². The van der Waals surface area contributed by atoms with Gasteiger partial charge in [-0.05, 0) is 35.7 Å². The molecule has 2 rings (SSSR count). The zero-order chi connectivity index (χ0) is 17.5. The van der Waals surface area contributed by atoms with Crippen molar-refractivity contribution in [2.45, 2.75) is 19.8 Å². The van der Waals surface area contributed by atoms with E-state index in [0.29, 0.717) is 11.6 Å². The van der Waals surface area contributed by atoms with Gasteiger partial charge in [0.2, 0.25) is 0 Å². The Morgan fingerprint density at radius 3 is 2.29 bits per heavy atom. The van der Waals surface area contributed by atoms with Crippen LogP contribution in [0.1, 0.15) is 25.3 Å². The van der Waals surface area contributed by atoms with Crippen LogP contribution in [0.25, 0.3) is 0 Å². The summed E-state index contributed by atoms with van der Waals surface area (Å²) in [6, 6.07) is 19.2. The number of carbonyl (C=O) groups is 1. The van der Waals surface area contributed by atoms with E-state index in [1.54, 1.807) is 11.9 Å². The summed E-state index contributed by atoms with van der Waals surface area (Å²) >= 11 is 0. The summed E-state index contributed by atoms with van der Waals surface area (Å²) in [5, 5.41) is 12.0. The molecule has 0 aliphatic carbocycles. The quantitative estimate of drug-likeness (QED) is 0.660. The highest BCUT2D eigenvalue weighted by atomic mass is 16.1. The predicted molar refractivity (Wildman–Crippen MR) is 97.7 cm³/mol. The maximum absolute atomic E-state index is 12.3. The largest absolute Gasteiger partial charge is 0.350 e. The summed E-state index contributed by atoms with van der Waals surface area (Å²) in [5.41, 5.74) is 2.83. The van der Waals surface area contributed by atoms with Crippen LogP contribution < -0.4 is 10.2 Å². The number of rotatable bonds is 5. The van der Waals surface area contributed by atoms with Crippen molar-refractivity contribution in [1.29, 1.82) is 5.26 Å². The molecule has 0 saturated carbocycles. The molecule has 0 saturated heterocycles. The molecule has 0 unspecified atom stereocenters. The molecule has 24 heavy (non-hydrogen) atoms. The molecule has 0 aliphatic rings. The second-order valence-electron chi connectivity index (χ2n) is 5.83. The first kappa shape index (κ1) is 17.3. The van der Waals surface area contributed by atoms with Crippen LogP contribution in [0.2, 0.25) is 0 Å². The molecular formula is C20H21N3O. The molecule has 2 aromatic carbocycles. The third kappa shape index (κ3) is 4.47. The zero-order valence-electron chi connectivity index (χ0n) is 14.2. The van der Waals surface area contributed by atoms with Gasteiger partial charge in [0.1, 0.15) is 11.6 Å². The van der Waals surface area contributed by atoms with Crippen molar-refractivity contribution in [1.82, 2.24) is 0 Å². The minimum Gasteiger partial charge on any atom is -0.350 e. The number of benzene rings is 2. The average Bonchev–Trinajstić information content (AvgIpc) is 2.60. The van der Waals surface area contributed by atoms with Gasteiger partial charge < -0.3 is 10.2 Å². The number of hydrogen-bond donors (Lipinski definition) is 1. The van der Waals surface area contributed by atoms with Gasteiger partial charge in [-0.1, -0.05) is 44.2 Å². The van der Waals surface area contributed by atoms with E-state index in [1.807, 2.05) is 60.7 Å². The fraction of sp³-hybridized carbons (Fsp3) is 0.200. The maximum Gasteiger partial charge on any atom is 0.267 e. The molecule has 0 aromatic heterocycles. The Balaban J connectivity index is 2.11. The predicted octanol–water partition coefficient (Wildman–Crippen LogP) is 4.29. The Hall–Kier alpha value is -3.06. The molecule has 0 fully saturated rings. The second kappa shape index (κ2) is 7.98. The van der Waals surface area contributed by atoms with E-state index in [2.05, 4.69) is 19.2 Å². The van der Waals surface area contributed by atoms with Crippen LogP contribution in [0.15, 0.2) is 66.4 Å². The van der Waals surface area contributed by atoms with Gasteiger partial charge in [0.05, 0.1) is 0 Å². The molecule has 0 aliphatic heterocycles. The van der Waals surface area contributed by atoms with Gasteiger partial charge in [-0.15, -0.1) is 0 Å². The fourth-order valence-corrected chi connectivity index (χ4v) is 2.22. The van der Waals surface area contributed by atoms with E-state index in [9.17, 15) is 10.1 Å². The number of anilines is 2. The number of hydrogen-bond acceptors (Lipinski definition) is 3. The van der Waals surface area contributed by atoms with Crippen LogP contribution >= 0.6 is 0 Å². The third-order valence-electron chi connectivity index (χ3n) is 3.69.